The Morgan fingerprint density at radius 1 is 1.48 bits per heavy atom. The first-order valence-electron chi connectivity index (χ1n) is 7.09. The highest BCUT2D eigenvalue weighted by molar-refractivity contribution is 6.30. The van der Waals surface area contributed by atoms with Crippen LogP contribution in [0.25, 0.3) is 0 Å². The number of anilines is 1. The molecule has 5 nitrogen and oxygen atoms in total. The van der Waals surface area contributed by atoms with Crippen LogP contribution in [0.1, 0.15) is 25.7 Å². The minimum absolute atomic E-state index is 0.0798. The Kier molecular flexibility index (Phi) is 5.31. The molecule has 0 atom stereocenters. The molecular weight excluding hydrogens is 292 g/mol. The van der Waals surface area contributed by atoms with E-state index in [-0.39, 0.29) is 5.91 Å². The van der Waals surface area contributed by atoms with Crippen LogP contribution in [0.2, 0.25) is 5.02 Å². The van der Waals surface area contributed by atoms with E-state index in [9.17, 15) is 9.90 Å². The predicted molar refractivity (Wildman–Crippen MR) is 82.9 cm³/mol. The quantitative estimate of drug-likeness (QED) is 0.722. The lowest BCUT2D eigenvalue weighted by Gasteiger charge is -2.36. The third kappa shape index (κ3) is 4.51. The first kappa shape index (κ1) is 15.9. The third-order valence-corrected chi connectivity index (χ3v) is 3.96. The molecule has 1 amide bonds. The van der Waals surface area contributed by atoms with Crippen molar-refractivity contribution in [3.05, 3.63) is 23.2 Å². The van der Waals surface area contributed by atoms with E-state index in [0.29, 0.717) is 30.3 Å². The van der Waals surface area contributed by atoms with Crippen molar-refractivity contribution in [1.29, 1.82) is 0 Å². The molecule has 0 radical (unpaired) electrons. The third-order valence-electron chi connectivity index (χ3n) is 3.73. The minimum Gasteiger partial charge on any atom is -0.495 e. The van der Waals surface area contributed by atoms with Gasteiger partial charge in [-0.2, -0.15) is 0 Å². The fourth-order valence-electron chi connectivity index (χ4n) is 2.24. The standard InChI is InChI=1S/C15H21ClN2O3/c1-21-13-4-3-11(16)9-12(13)17-8-5-14(19)18-10-15(20)6-2-7-15/h3-4,9,17,20H,2,5-8,10H2,1H3,(H,18,19). The van der Waals surface area contributed by atoms with E-state index >= 15 is 0 Å². The van der Waals surface area contributed by atoms with Crippen LogP contribution in [0, 0.1) is 0 Å². The highest BCUT2D eigenvalue weighted by Crippen LogP contribution is 2.30. The number of carbonyl (C=O) groups is 1. The lowest BCUT2D eigenvalue weighted by molar-refractivity contribution is -0.123. The van der Waals surface area contributed by atoms with Crippen molar-refractivity contribution in [2.24, 2.45) is 0 Å². The molecule has 0 aliphatic heterocycles. The summed E-state index contributed by atoms with van der Waals surface area (Å²) in [5, 5.41) is 16.4. The zero-order chi connectivity index (χ0) is 15.3. The lowest BCUT2D eigenvalue weighted by atomic mass is 9.80. The molecule has 0 aromatic heterocycles. The molecule has 0 unspecified atom stereocenters. The fourth-order valence-corrected chi connectivity index (χ4v) is 2.41. The number of hydrogen-bond donors (Lipinski definition) is 3. The number of aliphatic hydroxyl groups is 1. The van der Waals surface area contributed by atoms with Crippen molar-refractivity contribution in [2.75, 3.05) is 25.5 Å². The van der Waals surface area contributed by atoms with Gasteiger partial charge in [0.05, 0.1) is 18.4 Å². The normalized spacial score (nSPS) is 16.0. The van der Waals surface area contributed by atoms with E-state index in [1.807, 2.05) is 0 Å². The van der Waals surface area contributed by atoms with Gasteiger partial charge in [0.15, 0.2) is 0 Å². The molecule has 1 aromatic carbocycles. The number of halogens is 1. The Morgan fingerprint density at radius 3 is 2.86 bits per heavy atom. The molecule has 0 saturated heterocycles. The summed E-state index contributed by atoms with van der Waals surface area (Å²) in [5.74, 6) is 0.604. The highest BCUT2D eigenvalue weighted by atomic mass is 35.5. The molecule has 2 rings (SSSR count). The molecule has 3 N–H and O–H groups in total. The highest BCUT2D eigenvalue weighted by Gasteiger charge is 2.34. The molecule has 1 saturated carbocycles. The number of nitrogens with one attached hydrogen (secondary N) is 2. The number of ether oxygens (including phenoxy) is 1. The van der Waals surface area contributed by atoms with Gasteiger partial charge in [0.25, 0.3) is 0 Å². The molecule has 1 fully saturated rings. The first-order valence-corrected chi connectivity index (χ1v) is 7.47. The van der Waals surface area contributed by atoms with Crippen molar-refractivity contribution >= 4 is 23.2 Å². The summed E-state index contributed by atoms with van der Waals surface area (Å²) in [4.78, 5) is 11.7. The van der Waals surface area contributed by atoms with E-state index in [2.05, 4.69) is 10.6 Å². The van der Waals surface area contributed by atoms with Gasteiger partial charge in [0, 0.05) is 24.5 Å². The summed E-state index contributed by atoms with van der Waals surface area (Å²) in [7, 11) is 1.58. The fraction of sp³-hybridized carbons (Fsp3) is 0.533. The van der Waals surface area contributed by atoms with Gasteiger partial charge in [0.2, 0.25) is 5.91 Å². The zero-order valence-corrected chi connectivity index (χ0v) is 12.9. The lowest BCUT2D eigenvalue weighted by Crippen LogP contribution is -2.47. The average molecular weight is 313 g/mol. The molecular formula is C15H21ClN2O3. The minimum atomic E-state index is -0.681. The van der Waals surface area contributed by atoms with E-state index in [4.69, 9.17) is 16.3 Å². The summed E-state index contributed by atoms with van der Waals surface area (Å²) in [6.07, 6.45) is 2.89. The van der Waals surface area contributed by atoms with Gasteiger partial charge in [-0.3, -0.25) is 4.79 Å². The average Bonchev–Trinajstić information content (AvgIpc) is 2.43. The number of amides is 1. The summed E-state index contributed by atoms with van der Waals surface area (Å²) in [5.41, 5.74) is 0.0784. The van der Waals surface area contributed by atoms with Crippen molar-refractivity contribution in [1.82, 2.24) is 5.32 Å². The molecule has 1 aliphatic rings. The van der Waals surface area contributed by atoms with Crippen LogP contribution in [0.15, 0.2) is 18.2 Å². The second kappa shape index (κ2) is 7.00. The Balaban J connectivity index is 1.73. The van der Waals surface area contributed by atoms with Gasteiger partial charge in [-0.15, -0.1) is 0 Å². The van der Waals surface area contributed by atoms with Crippen LogP contribution >= 0.6 is 11.6 Å². The molecule has 0 spiro atoms. The van der Waals surface area contributed by atoms with Gasteiger partial charge in [-0.05, 0) is 37.5 Å². The van der Waals surface area contributed by atoms with Crippen molar-refractivity contribution in [3.8, 4) is 5.75 Å². The van der Waals surface area contributed by atoms with Crippen molar-refractivity contribution < 1.29 is 14.6 Å². The predicted octanol–water partition coefficient (Wildman–Crippen LogP) is 2.18. The Hall–Kier alpha value is -1.46. The zero-order valence-electron chi connectivity index (χ0n) is 12.1. The van der Waals surface area contributed by atoms with Crippen LogP contribution < -0.4 is 15.4 Å². The summed E-state index contributed by atoms with van der Waals surface area (Å²) in [6, 6.07) is 5.28. The van der Waals surface area contributed by atoms with Gasteiger partial charge in [0.1, 0.15) is 5.75 Å². The number of hydrogen-bond acceptors (Lipinski definition) is 4. The second-order valence-electron chi connectivity index (χ2n) is 5.38. The number of carbonyl (C=O) groups excluding carboxylic acids is 1. The van der Waals surface area contributed by atoms with Gasteiger partial charge >= 0.3 is 0 Å². The number of methoxy groups -OCH3 is 1. The largest absolute Gasteiger partial charge is 0.495 e. The van der Waals surface area contributed by atoms with Crippen LogP contribution in [0.3, 0.4) is 0 Å². The number of rotatable bonds is 7. The van der Waals surface area contributed by atoms with Crippen molar-refractivity contribution in [2.45, 2.75) is 31.3 Å². The monoisotopic (exact) mass is 312 g/mol. The Bertz CT molecular complexity index is 504. The second-order valence-corrected chi connectivity index (χ2v) is 5.81. The smallest absolute Gasteiger partial charge is 0.221 e. The Morgan fingerprint density at radius 2 is 2.24 bits per heavy atom. The van der Waals surface area contributed by atoms with Crippen LogP contribution in [-0.2, 0) is 4.79 Å². The van der Waals surface area contributed by atoms with E-state index < -0.39 is 5.60 Å². The Labute approximate surface area is 129 Å². The summed E-state index contributed by atoms with van der Waals surface area (Å²) >= 11 is 5.93. The molecule has 0 heterocycles. The van der Waals surface area contributed by atoms with E-state index in [1.165, 1.54) is 0 Å². The van der Waals surface area contributed by atoms with Crippen LogP contribution in [0.5, 0.6) is 5.75 Å². The van der Waals surface area contributed by atoms with Gasteiger partial charge in [-0.1, -0.05) is 11.6 Å². The first-order chi connectivity index (χ1) is 10.0. The SMILES string of the molecule is COc1ccc(Cl)cc1NCCC(=O)NCC1(O)CCC1. The van der Waals surface area contributed by atoms with E-state index in [1.54, 1.807) is 25.3 Å². The molecule has 21 heavy (non-hydrogen) atoms. The van der Waals surface area contributed by atoms with E-state index in [0.717, 1.165) is 24.9 Å². The van der Waals surface area contributed by atoms with Gasteiger partial charge in [-0.25, -0.2) is 0 Å². The molecule has 1 aliphatic carbocycles. The topological polar surface area (TPSA) is 70.6 Å². The van der Waals surface area contributed by atoms with Crippen LogP contribution in [-0.4, -0.2) is 36.8 Å². The van der Waals surface area contributed by atoms with Crippen LogP contribution in [0.4, 0.5) is 5.69 Å². The summed E-state index contributed by atoms with van der Waals surface area (Å²) in [6.45, 7) is 0.813. The summed E-state index contributed by atoms with van der Waals surface area (Å²) < 4.78 is 5.22. The maximum atomic E-state index is 11.7. The molecule has 0 bridgehead atoms. The maximum absolute atomic E-state index is 11.7. The van der Waals surface area contributed by atoms with Crippen molar-refractivity contribution in [3.63, 3.8) is 0 Å². The molecule has 6 heteroatoms. The number of benzene rings is 1. The maximum Gasteiger partial charge on any atom is 0.221 e. The van der Waals surface area contributed by atoms with Gasteiger partial charge < -0.3 is 20.5 Å². The molecule has 116 valence electrons. The molecule has 1 aromatic rings.